The van der Waals surface area contributed by atoms with E-state index in [-0.39, 0.29) is 23.7 Å². The number of hydrogen-bond donors (Lipinski definition) is 4. The molecule has 0 aliphatic carbocycles. The summed E-state index contributed by atoms with van der Waals surface area (Å²) in [6, 6.07) is 0. The van der Waals surface area contributed by atoms with E-state index >= 15 is 0 Å². The number of fused-ring (bicyclic) bond motifs is 2. The Morgan fingerprint density at radius 2 is 1.52 bits per heavy atom. The van der Waals surface area contributed by atoms with Gasteiger partial charge >= 0.3 is 0 Å². The summed E-state index contributed by atoms with van der Waals surface area (Å²) in [7, 11) is 0. The number of H-pyrrole nitrogens is 2. The maximum atomic E-state index is 12.0. The summed E-state index contributed by atoms with van der Waals surface area (Å²) in [5.41, 5.74) is 3.09. The Bertz CT molecular complexity index is 974. The van der Waals surface area contributed by atoms with Crippen LogP contribution in [0.4, 0.5) is 0 Å². The Kier molecular flexibility index (Phi) is 2.46. The first kappa shape index (κ1) is 13.5. The van der Waals surface area contributed by atoms with Crippen LogP contribution in [0.2, 0.25) is 0 Å². The van der Waals surface area contributed by atoms with Crippen molar-refractivity contribution in [2.75, 3.05) is 0 Å². The average molecular weight is 312 g/mol. The number of rotatable bonds is 2. The van der Waals surface area contributed by atoms with Crippen molar-refractivity contribution in [2.24, 2.45) is 9.98 Å². The number of amides is 2. The van der Waals surface area contributed by atoms with Crippen molar-refractivity contribution < 1.29 is 19.8 Å². The van der Waals surface area contributed by atoms with Gasteiger partial charge in [0.25, 0.3) is 11.8 Å². The van der Waals surface area contributed by atoms with Gasteiger partial charge in [0.15, 0.2) is 11.8 Å². The molecule has 0 saturated carbocycles. The summed E-state index contributed by atoms with van der Waals surface area (Å²) in [4.78, 5) is 37.2. The highest BCUT2D eigenvalue weighted by molar-refractivity contribution is 6.25. The SMILES string of the molecule is CC1=NC(=O)c2c(CC3=NC(=O)c4c(C)[nH]c(O)c43)[nH]c(O)c21. The zero-order valence-electron chi connectivity index (χ0n) is 12.3. The lowest BCUT2D eigenvalue weighted by molar-refractivity contribution is 0.0998. The number of nitrogens with zero attached hydrogens (tertiary/aromatic N) is 2. The molecule has 2 aromatic rings. The standard InChI is InChI=1S/C15H12N4O4/c1-4-8-10(14(22)16-4)6(18-12(8)20)3-7-11-9(13(21)19-7)5(2)17-15(11)23/h16,19,21-22H,3H2,1-2H3. The van der Waals surface area contributed by atoms with Crippen molar-refractivity contribution in [3.8, 4) is 11.8 Å². The highest BCUT2D eigenvalue weighted by Gasteiger charge is 2.34. The topological polar surface area (TPSA) is 131 Å². The van der Waals surface area contributed by atoms with Crippen molar-refractivity contribution in [3.63, 3.8) is 0 Å². The molecule has 4 heterocycles. The number of aromatic nitrogens is 2. The Labute approximate surface area is 129 Å². The van der Waals surface area contributed by atoms with Crippen LogP contribution in [0.5, 0.6) is 11.8 Å². The second-order valence-corrected chi connectivity index (χ2v) is 5.59. The molecule has 0 radical (unpaired) electrons. The second kappa shape index (κ2) is 4.19. The number of carbonyl (C=O) groups excluding carboxylic acids is 2. The first-order valence-electron chi connectivity index (χ1n) is 6.96. The predicted molar refractivity (Wildman–Crippen MR) is 80.8 cm³/mol. The summed E-state index contributed by atoms with van der Waals surface area (Å²) in [6.45, 7) is 3.31. The van der Waals surface area contributed by atoms with Crippen molar-refractivity contribution in [1.82, 2.24) is 9.97 Å². The van der Waals surface area contributed by atoms with Crippen LogP contribution in [0.1, 0.15) is 50.2 Å². The summed E-state index contributed by atoms with van der Waals surface area (Å²) in [5.74, 6) is -1.14. The van der Waals surface area contributed by atoms with Gasteiger partial charge in [-0.25, -0.2) is 9.98 Å². The van der Waals surface area contributed by atoms with E-state index in [1.54, 1.807) is 13.8 Å². The van der Waals surface area contributed by atoms with Crippen LogP contribution in [0.3, 0.4) is 0 Å². The minimum absolute atomic E-state index is 0.0982. The van der Waals surface area contributed by atoms with E-state index < -0.39 is 11.8 Å². The van der Waals surface area contributed by atoms with Gasteiger partial charge in [0.05, 0.1) is 33.7 Å². The van der Waals surface area contributed by atoms with Crippen molar-refractivity contribution in [2.45, 2.75) is 20.3 Å². The van der Waals surface area contributed by atoms with E-state index in [1.807, 2.05) is 0 Å². The molecule has 4 rings (SSSR count). The van der Waals surface area contributed by atoms with Gasteiger partial charge in [0.1, 0.15) is 0 Å². The van der Waals surface area contributed by atoms with Gasteiger partial charge in [-0.1, -0.05) is 0 Å². The number of aromatic amines is 2. The number of aryl methyl sites for hydroxylation is 1. The monoisotopic (exact) mass is 312 g/mol. The molecule has 2 aromatic heterocycles. The molecule has 8 nitrogen and oxygen atoms in total. The fourth-order valence-corrected chi connectivity index (χ4v) is 3.21. The maximum absolute atomic E-state index is 12.0. The van der Waals surface area contributed by atoms with Crippen LogP contribution in [-0.4, -0.2) is 43.4 Å². The Morgan fingerprint density at radius 1 is 0.870 bits per heavy atom. The molecule has 116 valence electrons. The van der Waals surface area contributed by atoms with Crippen molar-refractivity contribution in [3.05, 3.63) is 33.6 Å². The zero-order chi connectivity index (χ0) is 16.5. The molecule has 0 fully saturated rings. The molecule has 23 heavy (non-hydrogen) atoms. The predicted octanol–water partition coefficient (Wildman–Crippen LogP) is 1.21. The molecule has 0 aromatic carbocycles. The Balaban J connectivity index is 1.80. The van der Waals surface area contributed by atoms with Crippen LogP contribution < -0.4 is 0 Å². The third-order valence-electron chi connectivity index (χ3n) is 4.15. The van der Waals surface area contributed by atoms with Crippen molar-refractivity contribution >= 4 is 23.2 Å². The fourth-order valence-electron chi connectivity index (χ4n) is 3.21. The van der Waals surface area contributed by atoms with Gasteiger partial charge in [-0.2, -0.15) is 0 Å². The van der Waals surface area contributed by atoms with Gasteiger partial charge in [-0.15, -0.1) is 0 Å². The third-order valence-corrected chi connectivity index (χ3v) is 4.15. The van der Waals surface area contributed by atoms with Crippen LogP contribution in [0.25, 0.3) is 0 Å². The smallest absolute Gasteiger partial charge is 0.279 e. The van der Waals surface area contributed by atoms with Crippen LogP contribution in [0, 0.1) is 6.92 Å². The largest absolute Gasteiger partial charge is 0.494 e. The lowest BCUT2D eigenvalue weighted by Gasteiger charge is -2.01. The lowest BCUT2D eigenvalue weighted by Crippen LogP contribution is -2.06. The number of carbonyl (C=O) groups is 2. The first-order chi connectivity index (χ1) is 10.9. The number of aliphatic imine (C=N–C) groups is 2. The quantitative estimate of drug-likeness (QED) is 0.663. The third kappa shape index (κ3) is 1.65. The van der Waals surface area contributed by atoms with Gasteiger partial charge in [-0.05, 0) is 13.8 Å². The van der Waals surface area contributed by atoms with E-state index in [2.05, 4.69) is 20.0 Å². The highest BCUT2D eigenvalue weighted by atomic mass is 16.3. The van der Waals surface area contributed by atoms with Crippen molar-refractivity contribution in [1.29, 1.82) is 0 Å². The van der Waals surface area contributed by atoms with E-state index in [1.165, 1.54) is 0 Å². The number of nitrogens with one attached hydrogen (secondary N) is 2. The van der Waals surface area contributed by atoms with Gasteiger partial charge in [-0.3, -0.25) is 9.59 Å². The van der Waals surface area contributed by atoms with Crippen LogP contribution in [0.15, 0.2) is 9.98 Å². The molecule has 2 amide bonds. The molecule has 0 bridgehead atoms. The second-order valence-electron chi connectivity index (χ2n) is 5.59. The first-order valence-corrected chi connectivity index (χ1v) is 6.96. The summed E-state index contributed by atoms with van der Waals surface area (Å²) in [5, 5.41) is 19.9. The molecule has 2 aliphatic rings. The Morgan fingerprint density at radius 3 is 2.26 bits per heavy atom. The highest BCUT2D eigenvalue weighted by Crippen LogP contribution is 2.35. The maximum Gasteiger partial charge on any atom is 0.279 e. The van der Waals surface area contributed by atoms with Gasteiger partial charge in [0, 0.05) is 17.8 Å². The molecule has 8 heteroatoms. The molecule has 0 unspecified atom stereocenters. The van der Waals surface area contributed by atoms with Gasteiger partial charge in [0.2, 0.25) is 0 Å². The van der Waals surface area contributed by atoms with Crippen LogP contribution in [-0.2, 0) is 6.42 Å². The summed E-state index contributed by atoms with van der Waals surface area (Å²) >= 11 is 0. The number of hydrogen-bond acceptors (Lipinski definition) is 4. The molecule has 2 aliphatic heterocycles. The zero-order valence-corrected chi connectivity index (χ0v) is 12.3. The fraction of sp³-hybridized carbons (Fsp3) is 0.200. The molecule has 4 N–H and O–H groups in total. The van der Waals surface area contributed by atoms with E-state index in [4.69, 9.17) is 0 Å². The number of aromatic hydroxyl groups is 2. The van der Waals surface area contributed by atoms with Crippen LogP contribution >= 0.6 is 0 Å². The lowest BCUT2D eigenvalue weighted by atomic mass is 10.0. The van der Waals surface area contributed by atoms with Gasteiger partial charge < -0.3 is 20.2 Å². The van der Waals surface area contributed by atoms with E-state index in [0.29, 0.717) is 39.5 Å². The molecule has 0 atom stereocenters. The minimum atomic E-state index is -0.441. The average Bonchev–Trinajstić information content (AvgIpc) is 3.12. The van der Waals surface area contributed by atoms with E-state index in [9.17, 15) is 19.8 Å². The molecular formula is C15H12N4O4. The molecular weight excluding hydrogens is 300 g/mol. The molecule has 0 spiro atoms. The Hall–Kier alpha value is -3.16. The van der Waals surface area contributed by atoms with E-state index in [0.717, 1.165) is 0 Å². The normalized spacial score (nSPS) is 15.7. The minimum Gasteiger partial charge on any atom is -0.494 e. The summed E-state index contributed by atoms with van der Waals surface area (Å²) < 4.78 is 0. The molecule has 0 saturated heterocycles. The summed E-state index contributed by atoms with van der Waals surface area (Å²) in [6.07, 6.45) is 0.0982.